The third-order valence-electron chi connectivity index (χ3n) is 5.54. The summed E-state index contributed by atoms with van der Waals surface area (Å²) in [5.74, 6) is -1.92. The van der Waals surface area contributed by atoms with Crippen LogP contribution in [-0.4, -0.2) is 45.3 Å². The zero-order valence-corrected chi connectivity index (χ0v) is 16.3. The van der Waals surface area contributed by atoms with E-state index < -0.39 is 17.4 Å². The standard InChI is InChI=1S/C21H26N2O5/c1-21(2,11-10-17(24)25)22-18(26)13-8-9-15-16(12-13)20(28)23(19(15)27)14-6-4-3-5-7-14/h8-9,12,14H,3-7,10-11H2,1-2H3,(H,22,26)(H,24,25). The summed E-state index contributed by atoms with van der Waals surface area (Å²) in [7, 11) is 0. The van der Waals surface area contributed by atoms with Crippen LogP contribution in [-0.2, 0) is 4.79 Å². The van der Waals surface area contributed by atoms with Crippen molar-refractivity contribution in [3.63, 3.8) is 0 Å². The van der Waals surface area contributed by atoms with Crippen LogP contribution in [0.5, 0.6) is 0 Å². The molecule has 0 saturated heterocycles. The van der Waals surface area contributed by atoms with Crippen molar-refractivity contribution in [2.75, 3.05) is 0 Å². The second kappa shape index (κ2) is 7.73. The Bertz CT molecular complexity index is 824. The van der Waals surface area contributed by atoms with E-state index in [0.29, 0.717) is 5.56 Å². The molecular weight excluding hydrogens is 360 g/mol. The summed E-state index contributed by atoms with van der Waals surface area (Å²) in [4.78, 5) is 50.3. The number of nitrogens with zero attached hydrogens (tertiary/aromatic N) is 1. The lowest BCUT2D eigenvalue weighted by Gasteiger charge is -2.29. The van der Waals surface area contributed by atoms with Crippen LogP contribution in [0.2, 0.25) is 0 Å². The molecular formula is C21H26N2O5. The van der Waals surface area contributed by atoms with Gasteiger partial charge >= 0.3 is 5.97 Å². The van der Waals surface area contributed by atoms with E-state index in [1.54, 1.807) is 13.8 Å². The molecule has 1 heterocycles. The molecule has 7 heteroatoms. The van der Waals surface area contributed by atoms with Crippen LogP contribution >= 0.6 is 0 Å². The van der Waals surface area contributed by atoms with Crippen molar-refractivity contribution >= 4 is 23.7 Å². The first-order chi connectivity index (χ1) is 13.2. The number of amides is 3. The summed E-state index contributed by atoms with van der Waals surface area (Å²) in [5, 5.41) is 11.6. The molecule has 0 spiro atoms. The lowest BCUT2D eigenvalue weighted by Crippen LogP contribution is -2.43. The second-order valence-corrected chi connectivity index (χ2v) is 8.26. The first kappa shape index (κ1) is 20.0. The van der Waals surface area contributed by atoms with Gasteiger partial charge in [-0.2, -0.15) is 0 Å². The topological polar surface area (TPSA) is 104 Å². The summed E-state index contributed by atoms with van der Waals surface area (Å²) in [6.45, 7) is 3.50. The monoisotopic (exact) mass is 386 g/mol. The summed E-state index contributed by atoms with van der Waals surface area (Å²) in [5.41, 5.74) is 0.195. The molecule has 3 amide bonds. The number of rotatable bonds is 6. The van der Waals surface area contributed by atoms with Crippen molar-refractivity contribution in [1.29, 1.82) is 0 Å². The van der Waals surface area contributed by atoms with E-state index in [0.717, 1.165) is 32.1 Å². The molecule has 1 aliphatic heterocycles. The van der Waals surface area contributed by atoms with E-state index in [1.807, 2.05) is 0 Å². The Morgan fingerprint density at radius 1 is 1.11 bits per heavy atom. The van der Waals surface area contributed by atoms with Crippen LogP contribution < -0.4 is 5.32 Å². The van der Waals surface area contributed by atoms with Gasteiger partial charge in [-0.05, 0) is 51.3 Å². The number of fused-ring (bicyclic) bond motifs is 1. The van der Waals surface area contributed by atoms with Gasteiger partial charge in [-0.15, -0.1) is 0 Å². The molecule has 7 nitrogen and oxygen atoms in total. The van der Waals surface area contributed by atoms with Crippen molar-refractivity contribution < 1.29 is 24.3 Å². The van der Waals surface area contributed by atoms with Gasteiger partial charge in [-0.1, -0.05) is 19.3 Å². The quantitative estimate of drug-likeness (QED) is 0.732. The molecule has 0 unspecified atom stereocenters. The number of hydrogen-bond donors (Lipinski definition) is 2. The molecule has 1 saturated carbocycles. The molecule has 3 rings (SSSR count). The van der Waals surface area contributed by atoms with Crippen molar-refractivity contribution in [3.05, 3.63) is 34.9 Å². The van der Waals surface area contributed by atoms with Gasteiger partial charge in [0.15, 0.2) is 0 Å². The van der Waals surface area contributed by atoms with E-state index in [9.17, 15) is 19.2 Å². The number of hydrogen-bond acceptors (Lipinski definition) is 4. The summed E-state index contributed by atoms with van der Waals surface area (Å²) < 4.78 is 0. The first-order valence-electron chi connectivity index (χ1n) is 9.76. The highest BCUT2D eigenvalue weighted by atomic mass is 16.4. The highest BCUT2D eigenvalue weighted by Gasteiger charge is 2.40. The summed E-state index contributed by atoms with van der Waals surface area (Å²) in [6.07, 6.45) is 5.04. The number of carboxylic acids is 1. The van der Waals surface area contributed by atoms with E-state index in [-0.39, 0.29) is 41.8 Å². The summed E-state index contributed by atoms with van der Waals surface area (Å²) >= 11 is 0. The average molecular weight is 386 g/mol. The SMILES string of the molecule is CC(C)(CCC(=O)O)NC(=O)c1ccc2c(c1)C(=O)N(C1CCCCC1)C2=O. The molecule has 1 aromatic carbocycles. The van der Waals surface area contributed by atoms with Gasteiger partial charge in [0.1, 0.15) is 0 Å². The van der Waals surface area contributed by atoms with Crippen LogP contribution in [0.4, 0.5) is 0 Å². The highest BCUT2D eigenvalue weighted by molar-refractivity contribution is 6.22. The molecule has 0 atom stereocenters. The molecule has 0 radical (unpaired) electrons. The number of nitrogens with one attached hydrogen (secondary N) is 1. The summed E-state index contributed by atoms with van der Waals surface area (Å²) in [6, 6.07) is 4.49. The Morgan fingerprint density at radius 3 is 2.39 bits per heavy atom. The third-order valence-corrected chi connectivity index (χ3v) is 5.54. The Labute approximate surface area is 164 Å². The van der Waals surface area contributed by atoms with Gasteiger partial charge in [0.25, 0.3) is 17.7 Å². The number of carboxylic acid groups (broad SMARTS) is 1. The number of imide groups is 1. The Balaban J connectivity index is 1.76. The van der Waals surface area contributed by atoms with Gasteiger partial charge in [-0.25, -0.2) is 0 Å². The van der Waals surface area contributed by atoms with Crippen molar-refractivity contribution in [2.24, 2.45) is 0 Å². The molecule has 28 heavy (non-hydrogen) atoms. The van der Waals surface area contributed by atoms with E-state index in [2.05, 4.69) is 5.32 Å². The minimum atomic E-state index is -0.924. The fraction of sp³-hybridized carbons (Fsp3) is 0.524. The maximum Gasteiger partial charge on any atom is 0.303 e. The predicted octanol–water partition coefficient (Wildman–Crippen LogP) is 2.99. The van der Waals surface area contributed by atoms with Crippen molar-refractivity contribution in [2.45, 2.75) is 70.4 Å². The van der Waals surface area contributed by atoms with Crippen LogP contribution in [0.25, 0.3) is 0 Å². The second-order valence-electron chi connectivity index (χ2n) is 8.26. The molecule has 0 aromatic heterocycles. The Morgan fingerprint density at radius 2 is 1.75 bits per heavy atom. The number of aliphatic carboxylic acids is 1. The zero-order valence-electron chi connectivity index (χ0n) is 16.3. The molecule has 0 bridgehead atoms. The first-order valence-corrected chi connectivity index (χ1v) is 9.76. The molecule has 2 N–H and O–H groups in total. The van der Waals surface area contributed by atoms with E-state index in [4.69, 9.17) is 5.11 Å². The normalized spacial score (nSPS) is 17.6. The van der Waals surface area contributed by atoms with Crippen LogP contribution in [0.15, 0.2) is 18.2 Å². The average Bonchev–Trinajstić information content (AvgIpc) is 2.91. The largest absolute Gasteiger partial charge is 0.481 e. The van der Waals surface area contributed by atoms with Gasteiger partial charge in [0.2, 0.25) is 0 Å². The molecule has 1 fully saturated rings. The lowest BCUT2D eigenvalue weighted by molar-refractivity contribution is -0.137. The van der Waals surface area contributed by atoms with E-state index >= 15 is 0 Å². The number of carbonyl (C=O) groups is 4. The third kappa shape index (κ3) is 4.08. The van der Waals surface area contributed by atoms with Crippen molar-refractivity contribution in [1.82, 2.24) is 10.2 Å². The molecule has 1 aromatic rings. The maximum atomic E-state index is 12.9. The Hall–Kier alpha value is -2.70. The van der Waals surface area contributed by atoms with Gasteiger partial charge in [0, 0.05) is 23.6 Å². The number of benzene rings is 1. The van der Waals surface area contributed by atoms with Gasteiger partial charge in [0.05, 0.1) is 11.1 Å². The predicted molar refractivity (Wildman–Crippen MR) is 102 cm³/mol. The molecule has 2 aliphatic rings. The maximum absolute atomic E-state index is 12.9. The van der Waals surface area contributed by atoms with Crippen LogP contribution in [0, 0.1) is 0 Å². The smallest absolute Gasteiger partial charge is 0.303 e. The van der Waals surface area contributed by atoms with E-state index in [1.165, 1.54) is 23.1 Å². The van der Waals surface area contributed by atoms with Crippen LogP contribution in [0.3, 0.4) is 0 Å². The fourth-order valence-corrected chi connectivity index (χ4v) is 3.93. The lowest BCUT2D eigenvalue weighted by atomic mass is 9.94. The molecule has 150 valence electrons. The van der Waals surface area contributed by atoms with Crippen LogP contribution in [0.1, 0.15) is 89.9 Å². The van der Waals surface area contributed by atoms with Gasteiger partial charge < -0.3 is 10.4 Å². The zero-order chi connectivity index (χ0) is 20.5. The Kier molecular flexibility index (Phi) is 5.54. The van der Waals surface area contributed by atoms with Gasteiger partial charge in [-0.3, -0.25) is 24.1 Å². The number of carbonyl (C=O) groups excluding carboxylic acids is 3. The highest BCUT2D eigenvalue weighted by Crippen LogP contribution is 2.31. The molecule has 1 aliphatic carbocycles. The van der Waals surface area contributed by atoms with Crippen molar-refractivity contribution in [3.8, 4) is 0 Å². The minimum Gasteiger partial charge on any atom is -0.481 e. The minimum absolute atomic E-state index is 0.0548. The fourth-order valence-electron chi connectivity index (χ4n) is 3.93.